The Morgan fingerprint density at radius 2 is 0.500 bits per heavy atom. The van der Waals surface area contributed by atoms with E-state index in [2.05, 4.69) is 20.8 Å². The molecule has 0 rings (SSSR count). The van der Waals surface area contributed by atoms with Crippen LogP contribution in [-0.4, -0.2) is 0 Å². The Kier molecular flexibility index (Phi) is 35.0. The monoisotopic (exact) mass is 534 g/mol. The van der Waals surface area contributed by atoms with Gasteiger partial charge in [0.05, 0.1) is 0 Å². The van der Waals surface area contributed by atoms with E-state index in [9.17, 15) is 0 Å². The fourth-order valence-corrected chi connectivity index (χ4v) is 6.30. The van der Waals surface area contributed by atoms with Gasteiger partial charge in [0, 0.05) is 0 Å². The van der Waals surface area contributed by atoms with Crippen molar-refractivity contribution in [2.24, 2.45) is 5.92 Å². The standard InChI is InChI=1S/C38H77/c1-4-7-10-13-15-17-19-20-21-22-23-25-27-29-31-34-37-38(35-32-12-9-6-3)36-33-30-28-26-24-18-16-14-11-8-5-2/h38H,3-37H2,1-2H3. The topological polar surface area (TPSA) is 0 Å². The van der Waals surface area contributed by atoms with Crippen LogP contribution in [0.15, 0.2) is 0 Å². The lowest BCUT2D eigenvalue weighted by Gasteiger charge is -2.17. The summed E-state index contributed by atoms with van der Waals surface area (Å²) in [4.78, 5) is 0. The smallest absolute Gasteiger partial charge is 0.0414 e. The second kappa shape index (κ2) is 35.0. The molecule has 0 saturated heterocycles. The van der Waals surface area contributed by atoms with Crippen molar-refractivity contribution in [2.45, 2.75) is 232 Å². The first-order valence-corrected chi connectivity index (χ1v) is 18.6. The molecule has 0 heteroatoms. The van der Waals surface area contributed by atoms with E-state index >= 15 is 0 Å². The van der Waals surface area contributed by atoms with Crippen LogP contribution in [0.1, 0.15) is 232 Å². The van der Waals surface area contributed by atoms with Crippen LogP contribution in [0.5, 0.6) is 0 Å². The van der Waals surface area contributed by atoms with Crippen molar-refractivity contribution in [1.29, 1.82) is 0 Å². The van der Waals surface area contributed by atoms with Crippen LogP contribution in [0.25, 0.3) is 0 Å². The van der Waals surface area contributed by atoms with Crippen molar-refractivity contribution in [2.75, 3.05) is 0 Å². The first-order valence-electron chi connectivity index (χ1n) is 18.6. The van der Waals surface area contributed by atoms with Crippen LogP contribution >= 0.6 is 0 Å². The summed E-state index contributed by atoms with van der Waals surface area (Å²) in [6, 6.07) is 0. The fourth-order valence-electron chi connectivity index (χ4n) is 6.30. The van der Waals surface area contributed by atoms with Crippen molar-refractivity contribution in [1.82, 2.24) is 0 Å². The molecule has 0 aliphatic heterocycles. The summed E-state index contributed by atoms with van der Waals surface area (Å²) < 4.78 is 0. The van der Waals surface area contributed by atoms with Gasteiger partial charge in [0.1, 0.15) is 0 Å². The van der Waals surface area contributed by atoms with Crippen molar-refractivity contribution >= 4 is 0 Å². The molecule has 0 fully saturated rings. The van der Waals surface area contributed by atoms with Gasteiger partial charge in [-0.1, -0.05) is 239 Å². The second-order valence-electron chi connectivity index (χ2n) is 13.0. The van der Waals surface area contributed by atoms with Gasteiger partial charge in [0.2, 0.25) is 0 Å². The van der Waals surface area contributed by atoms with Crippen molar-refractivity contribution < 1.29 is 0 Å². The Hall–Kier alpha value is 0. The summed E-state index contributed by atoms with van der Waals surface area (Å²) >= 11 is 0. The highest BCUT2D eigenvalue weighted by molar-refractivity contribution is 4.62. The Morgan fingerprint density at radius 1 is 0.289 bits per heavy atom. The maximum Gasteiger partial charge on any atom is -0.0414 e. The number of rotatable bonds is 34. The lowest BCUT2D eigenvalue weighted by atomic mass is 9.89. The molecule has 1 radical (unpaired) electrons. The molecular weight excluding hydrogens is 456 g/mol. The molecule has 0 aliphatic carbocycles. The van der Waals surface area contributed by atoms with Gasteiger partial charge in [0.25, 0.3) is 0 Å². The summed E-state index contributed by atoms with van der Waals surface area (Å²) in [6.45, 7) is 8.66. The minimum atomic E-state index is 1.02. The van der Waals surface area contributed by atoms with Gasteiger partial charge in [-0.15, -0.1) is 0 Å². The van der Waals surface area contributed by atoms with Crippen molar-refractivity contribution in [3.05, 3.63) is 6.92 Å². The molecule has 0 aromatic carbocycles. The molecule has 0 heterocycles. The van der Waals surface area contributed by atoms with Gasteiger partial charge in [-0.05, 0) is 5.92 Å². The number of hydrogen-bond donors (Lipinski definition) is 0. The Labute approximate surface area is 244 Å². The van der Waals surface area contributed by atoms with Gasteiger partial charge in [-0.2, -0.15) is 0 Å². The fraction of sp³-hybridized carbons (Fsp3) is 0.974. The van der Waals surface area contributed by atoms with Crippen LogP contribution < -0.4 is 0 Å². The molecule has 0 amide bonds. The molecular formula is C38H77. The van der Waals surface area contributed by atoms with Crippen LogP contribution in [0.3, 0.4) is 0 Å². The highest BCUT2D eigenvalue weighted by atomic mass is 14.1. The van der Waals surface area contributed by atoms with E-state index in [-0.39, 0.29) is 0 Å². The summed E-state index contributed by atoms with van der Waals surface area (Å²) in [5.74, 6) is 1.02. The van der Waals surface area contributed by atoms with E-state index in [1.807, 2.05) is 0 Å². The lowest BCUT2D eigenvalue weighted by molar-refractivity contribution is 0.366. The molecule has 0 aromatic heterocycles. The van der Waals surface area contributed by atoms with Gasteiger partial charge in [-0.3, -0.25) is 0 Å². The average molecular weight is 534 g/mol. The molecule has 0 aromatic rings. The third kappa shape index (κ3) is 32.2. The number of unbranched alkanes of at least 4 members (excludes halogenated alkanes) is 28. The molecule has 1 unspecified atom stereocenters. The van der Waals surface area contributed by atoms with Gasteiger partial charge < -0.3 is 0 Å². The molecule has 0 bridgehead atoms. The average Bonchev–Trinajstić information content (AvgIpc) is 2.93. The first kappa shape index (κ1) is 38.0. The van der Waals surface area contributed by atoms with E-state index in [1.54, 1.807) is 0 Å². The largest absolute Gasteiger partial charge is 0.0654 e. The number of hydrogen-bond acceptors (Lipinski definition) is 0. The Bertz CT molecular complexity index is 385. The van der Waals surface area contributed by atoms with Gasteiger partial charge in [-0.25, -0.2) is 0 Å². The molecule has 0 N–H and O–H groups in total. The third-order valence-corrected chi connectivity index (χ3v) is 9.04. The summed E-state index contributed by atoms with van der Waals surface area (Å²) in [7, 11) is 0. The zero-order valence-electron chi connectivity index (χ0n) is 27.3. The maximum atomic E-state index is 4.04. The predicted molar refractivity (Wildman–Crippen MR) is 177 cm³/mol. The normalized spacial score (nSPS) is 12.4. The SMILES string of the molecule is [CH2]CCCCCC(CCCCCCCCCCCCC)CCCCCCCCCCCCCCCCCC. The minimum absolute atomic E-state index is 1.02. The van der Waals surface area contributed by atoms with E-state index in [0.717, 1.165) is 12.3 Å². The van der Waals surface area contributed by atoms with Crippen molar-refractivity contribution in [3.63, 3.8) is 0 Å². The minimum Gasteiger partial charge on any atom is -0.0654 e. The highest BCUT2D eigenvalue weighted by Crippen LogP contribution is 2.25. The molecule has 0 spiro atoms. The third-order valence-electron chi connectivity index (χ3n) is 9.04. The summed E-state index contributed by atoms with van der Waals surface area (Å²) in [5, 5.41) is 0. The highest BCUT2D eigenvalue weighted by Gasteiger charge is 2.08. The van der Waals surface area contributed by atoms with E-state index in [1.165, 1.54) is 212 Å². The van der Waals surface area contributed by atoms with Crippen molar-refractivity contribution in [3.8, 4) is 0 Å². The zero-order valence-corrected chi connectivity index (χ0v) is 27.3. The van der Waals surface area contributed by atoms with E-state index < -0.39 is 0 Å². The van der Waals surface area contributed by atoms with E-state index in [0.29, 0.717) is 0 Å². The molecule has 0 saturated carbocycles. The van der Waals surface area contributed by atoms with Gasteiger partial charge >= 0.3 is 0 Å². The van der Waals surface area contributed by atoms with Crippen LogP contribution in [-0.2, 0) is 0 Å². The molecule has 1 atom stereocenters. The first-order chi connectivity index (χ1) is 18.8. The zero-order chi connectivity index (χ0) is 27.6. The molecule has 38 heavy (non-hydrogen) atoms. The van der Waals surface area contributed by atoms with Gasteiger partial charge in [0.15, 0.2) is 0 Å². The predicted octanol–water partition coefficient (Wildman–Crippen LogP) is 14.7. The summed E-state index contributed by atoms with van der Waals surface area (Å²) in [5.41, 5.74) is 0. The molecule has 0 nitrogen and oxygen atoms in total. The van der Waals surface area contributed by atoms with Crippen LogP contribution in [0, 0.1) is 12.8 Å². The molecule has 0 aliphatic rings. The second-order valence-corrected chi connectivity index (χ2v) is 13.0. The van der Waals surface area contributed by atoms with Crippen LogP contribution in [0.2, 0.25) is 0 Å². The molecule has 229 valence electrons. The lowest BCUT2D eigenvalue weighted by Crippen LogP contribution is -2.01. The van der Waals surface area contributed by atoms with Crippen LogP contribution in [0.4, 0.5) is 0 Å². The Morgan fingerprint density at radius 3 is 0.737 bits per heavy atom. The summed E-state index contributed by atoms with van der Waals surface area (Å²) in [6.07, 6.45) is 49.7. The van der Waals surface area contributed by atoms with E-state index in [4.69, 9.17) is 0 Å². The quantitative estimate of drug-likeness (QED) is 0.0721. The maximum absolute atomic E-state index is 4.04. The Balaban J connectivity index is 3.61.